The molecule has 0 saturated carbocycles. The quantitative estimate of drug-likeness (QED) is 0.860. The lowest BCUT2D eigenvalue weighted by atomic mass is 9.84. The molecule has 1 aromatic carbocycles. The van der Waals surface area contributed by atoms with Gasteiger partial charge in [-0.3, -0.25) is 14.5 Å². The van der Waals surface area contributed by atoms with E-state index in [1.807, 2.05) is 20.8 Å². The molecule has 1 heterocycles. The third-order valence-corrected chi connectivity index (χ3v) is 3.97. The standard InChI is InChI=1S/C15H18Cl2N2O2/c1-8-13(20)18-12(15(2,3)4)14(21)19(8)11-6-9(16)5-10(17)7-11/h5-8,12H,1-4H3,(H,18,20). The van der Waals surface area contributed by atoms with Crippen molar-refractivity contribution in [3.63, 3.8) is 0 Å². The summed E-state index contributed by atoms with van der Waals surface area (Å²) in [6.45, 7) is 7.42. The van der Waals surface area contributed by atoms with Crippen LogP contribution in [0.2, 0.25) is 10.0 Å². The Balaban J connectivity index is 2.48. The number of anilines is 1. The van der Waals surface area contributed by atoms with Gasteiger partial charge in [0.15, 0.2) is 0 Å². The molecule has 6 heteroatoms. The lowest BCUT2D eigenvalue weighted by Gasteiger charge is -2.42. The first-order chi connectivity index (χ1) is 9.61. The zero-order valence-electron chi connectivity index (χ0n) is 12.4. The van der Waals surface area contributed by atoms with Gasteiger partial charge in [-0.1, -0.05) is 44.0 Å². The molecule has 0 aromatic heterocycles. The van der Waals surface area contributed by atoms with Crippen molar-refractivity contribution in [2.24, 2.45) is 5.41 Å². The molecule has 114 valence electrons. The monoisotopic (exact) mass is 328 g/mol. The van der Waals surface area contributed by atoms with Crippen LogP contribution in [0.15, 0.2) is 18.2 Å². The van der Waals surface area contributed by atoms with E-state index in [0.717, 1.165) is 0 Å². The molecule has 2 rings (SSSR count). The van der Waals surface area contributed by atoms with E-state index >= 15 is 0 Å². The number of amides is 2. The lowest BCUT2D eigenvalue weighted by molar-refractivity contribution is -0.136. The number of hydrogen-bond donors (Lipinski definition) is 1. The van der Waals surface area contributed by atoms with Crippen LogP contribution in [0.5, 0.6) is 0 Å². The van der Waals surface area contributed by atoms with Gasteiger partial charge in [0.05, 0.1) is 0 Å². The summed E-state index contributed by atoms with van der Waals surface area (Å²) in [5.74, 6) is -0.349. The van der Waals surface area contributed by atoms with Crippen LogP contribution in [0.1, 0.15) is 27.7 Å². The highest BCUT2D eigenvalue weighted by molar-refractivity contribution is 6.35. The molecule has 0 bridgehead atoms. The van der Waals surface area contributed by atoms with Gasteiger partial charge >= 0.3 is 0 Å². The highest BCUT2D eigenvalue weighted by atomic mass is 35.5. The van der Waals surface area contributed by atoms with E-state index in [-0.39, 0.29) is 17.2 Å². The minimum absolute atomic E-state index is 0.159. The number of piperazine rings is 1. The molecule has 1 aliphatic heterocycles. The van der Waals surface area contributed by atoms with Crippen molar-refractivity contribution < 1.29 is 9.59 Å². The predicted molar refractivity (Wildman–Crippen MR) is 84.8 cm³/mol. The van der Waals surface area contributed by atoms with Gasteiger partial charge in [0.1, 0.15) is 12.1 Å². The average molecular weight is 329 g/mol. The van der Waals surface area contributed by atoms with Gasteiger partial charge < -0.3 is 5.32 Å². The summed E-state index contributed by atoms with van der Waals surface area (Å²) in [4.78, 5) is 26.4. The second-order valence-electron chi connectivity index (χ2n) is 6.32. The first-order valence-electron chi connectivity index (χ1n) is 6.71. The van der Waals surface area contributed by atoms with Crippen molar-refractivity contribution in [2.75, 3.05) is 4.90 Å². The van der Waals surface area contributed by atoms with E-state index in [1.165, 1.54) is 4.90 Å². The predicted octanol–water partition coefficient (Wildman–Crippen LogP) is 3.26. The molecule has 2 unspecified atom stereocenters. The summed E-state index contributed by atoms with van der Waals surface area (Å²) in [7, 11) is 0. The van der Waals surface area contributed by atoms with Crippen LogP contribution in [0.3, 0.4) is 0 Å². The van der Waals surface area contributed by atoms with Gasteiger partial charge in [-0.05, 0) is 30.5 Å². The Morgan fingerprint density at radius 3 is 2.10 bits per heavy atom. The van der Waals surface area contributed by atoms with Gasteiger partial charge in [-0.15, -0.1) is 0 Å². The van der Waals surface area contributed by atoms with E-state index in [9.17, 15) is 9.59 Å². The first kappa shape index (κ1) is 16.1. The summed E-state index contributed by atoms with van der Waals surface area (Å²) >= 11 is 12.0. The summed E-state index contributed by atoms with van der Waals surface area (Å²) in [6, 6.07) is 3.68. The lowest BCUT2D eigenvalue weighted by Crippen LogP contribution is -2.66. The number of carbonyl (C=O) groups is 2. The number of carbonyl (C=O) groups excluding carboxylic acids is 2. The van der Waals surface area contributed by atoms with Crippen LogP contribution in [0, 0.1) is 5.41 Å². The molecule has 1 aliphatic rings. The second-order valence-corrected chi connectivity index (χ2v) is 7.19. The number of nitrogens with one attached hydrogen (secondary N) is 1. The van der Waals surface area contributed by atoms with Crippen molar-refractivity contribution >= 4 is 40.7 Å². The maximum Gasteiger partial charge on any atom is 0.250 e. The molecule has 0 radical (unpaired) electrons. The number of hydrogen-bond acceptors (Lipinski definition) is 2. The van der Waals surface area contributed by atoms with Crippen molar-refractivity contribution in [3.05, 3.63) is 28.2 Å². The number of rotatable bonds is 1. The van der Waals surface area contributed by atoms with E-state index in [4.69, 9.17) is 23.2 Å². The van der Waals surface area contributed by atoms with Crippen LogP contribution in [0.4, 0.5) is 5.69 Å². The van der Waals surface area contributed by atoms with Gasteiger partial charge in [0.25, 0.3) is 5.91 Å². The Hall–Kier alpha value is -1.26. The van der Waals surface area contributed by atoms with Crippen LogP contribution in [0.25, 0.3) is 0 Å². The molecule has 1 N–H and O–H groups in total. The first-order valence-corrected chi connectivity index (χ1v) is 7.46. The molecule has 21 heavy (non-hydrogen) atoms. The van der Waals surface area contributed by atoms with Crippen LogP contribution in [-0.2, 0) is 9.59 Å². The van der Waals surface area contributed by atoms with E-state index in [1.54, 1.807) is 25.1 Å². The largest absolute Gasteiger partial charge is 0.342 e. The van der Waals surface area contributed by atoms with Gasteiger partial charge in [0.2, 0.25) is 5.91 Å². The number of benzene rings is 1. The Kier molecular flexibility index (Phi) is 4.22. The van der Waals surface area contributed by atoms with Gasteiger partial charge in [-0.25, -0.2) is 0 Å². The fraction of sp³-hybridized carbons (Fsp3) is 0.467. The summed E-state index contributed by atoms with van der Waals surface area (Å²) < 4.78 is 0. The molecular formula is C15H18Cl2N2O2. The topological polar surface area (TPSA) is 49.4 Å². The van der Waals surface area contributed by atoms with Gasteiger partial charge in [0, 0.05) is 15.7 Å². The molecule has 2 amide bonds. The molecule has 4 nitrogen and oxygen atoms in total. The second kappa shape index (κ2) is 5.50. The third-order valence-electron chi connectivity index (χ3n) is 3.53. The van der Waals surface area contributed by atoms with Crippen LogP contribution >= 0.6 is 23.2 Å². The summed E-state index contributed by atoms with van der Waals surface area (Å²) in [6.07, 6.45) is 0. The maximum absolute atomic E-state index is 12.8. The molecule has 0 spiro atoms. The minimum Gasteiger partial charge on any atom is -0.342 e. The van der Waals surface area contributed by atoms with Crippen LogP contribution in [-0.4, -0.2) is 23.9 Å². The van der Waals surface area contributed by atoms with Crippen molar-refractivity contribution in [2.45, 2.75) is 39.8 Å². The summed E-state index contributed by atoms with van der Waals surface area (Å²) in [5, 5.41) is 3.64. The smallest absolute Gasteiger partial charge is 0.250 e. The zero-order chi connectivity index (χ0) is 15.9. The fourth-order valence-electron chi connectivity index (χ4n) is 2.39. The minimum atomic E-state index is -0.606. The average Bonchev–Trinajstić information content (AvgIpc) is 2.31. The number of nitrogens with zero attached hydrogens (tertiary/aromatic N) is 1. The number of halogens is 2. The van der Waals surface area contributed by atoms with Crippen molar-refractivity contribution in [1.29, 1.82) is 0 Å². The molecule has 1 aromatic rings. The Bertz CT molecular complexity index is 576. The Morgan fingerprint density at radius 1 is 1.10 bits per heavy atom. The SMILES string of the molecule is CC1C(=O)NC(C(C)(C)C)C(=O)N1c1cc(Cl)cc(Cl)c1. The Labute approximate surface area is 134 Å². The Morgan fingerprint density at radius 2 is 1.62 bits per heavy atom. The molecule has 0 aliphatic carbocycles. The third kappa shape index (κ3) is 3.16. The molecular weight excluding hydrogens is 311 g/mol. The highest BCUT2D eigenvalue weighted by Gasteiger charge is 2.44. The highest BCUT2D eigenvalue weighted by Crippen LogP contribution is 2.31. The molecule has 1 saturated heterocycles. The van der Waals surface area contributed by atoms with E-state index in [2.05, 4.69) is 5.32 Å². The molecule has 2 atom stereocenters. The van der Waals surface area contributed by atoms with E-state index in [0.29, 0.717) is 15.7 Å². The zero-order valence-corrected chi connectivity index (χ0v) is 13.9. The normalized spacial score (nSPS) is 23.2. The van der Waals surface area contributed by atoms with Gasteiger partial charge in [-0.2, -0.15) is 0 Å². The van der Waals surface area contributed by atoms with E-state index < -0.39 is 12.1 Å². The van der Waals surface area contributed by atoms with Crippen LogP contribution < -0.4 is 10.2 Å². The molecule has 1 fully saturated rings. The maximum atomic E-state index is 12.8. The van der Waals surface area contributed by atoms with Crippen molar-refractivity contribution in [1.82, 2.24) is 5.32 Å². The fourth-order valence-corrected chi connectivity index (χ4v) is 2.90. The van der Waals surface area contributed by atoms with Crippen molar-refractivity contribution in [3.8, 4) is 0 Å². The summed E-state index contributed by atoms with van der Waals surface area (Å²) in [5.41, 5.74) is 0.155.